The van der Waals surface area contributed by atoms with Crippen LogP contribution >= 0.6 is 0 Å². The van der Waals surface area contributed by atoms with E-state index in [0.29, 0.717) is 11.1 Å². The number of nitrogens with one attached hydrogen (secondary N) is 1. The van der Waals surface area contributed by atoms with Crippen molar-refractivity contribution in [2.75, 3.05) is 6.61 Å². The maximum Gasteiger partial charge on any atom is 0.375 e. The fourth-order valence-electron chi connectivity index (χ4n) is 2.78. The van der Waals surface area contributed by atoms with Gasteiger partial charge in [-0.3, -0.25) is 4.79 Å². The zero-order valence-corrected chi connectivity index (χ0v) is 14.7. The maximum absolute atomic E-state index is 13.7. The van der Waals surface area contributed by atoms with Gasteiger partial charge in [-0.2, -0.15) is 0 Å². The Morgan fingerprint density at radius 2 is 1.93 bits per heavy atom. The second-order valence-electron chi connectivity index (χ2n) is 6.08. The van der Waals surface area contributed by atoms with Crippen LogP contribution in [0.25, 0.3) is 11.0 Å². The Labute approximate surface area is 153 Å². The molecule has 140 valence electrons. The Hall–Kier alpha value is -3.22. The Bertz CT molecular complexity index is 1010. The third-order valence-corrected chi connectivity index (χ3v) is 4.17. The molecule has 3 rings (SSSR count). The summed E-state index contributed by atoms with van der Waals surface area (Å²) in [5.41, 5.74) is 1.30. The van der Waals surface area contributed by atoms with Crippen molar-refractivity contribution in [1.29, 1.82) is 0 Å². The van der Waals surface area contributed by atoms with E-state index in [1.807, 2.05) is 12.1 Å². The summed E-state index contributed by atoms with van der Waals surface area (Å²) in [6, 6.07) is 9.52. The molecule has 1 heterocycles. The first-order chi connectivity index (χ1) is 12.9. The van der Waals surface area contributed by atoms with Crippen molar-refractivity contribution < 1.29 is 27.5 Å². The summed E-state index contributed by atoms with van der Waals surface area (Å²) in [4.78, 5) is 24.2. The molecule has 0 fully saturated rings. The number of amides is 1. The number of benzene rings is 2. The van der Waals surface area contributed by atoms with Crippen molar-refractivity contribution in [3.8, 4) is 0 Å². The van der Waals surface area contributed by atoms with E-state index in [-0.39, 0.29) is 11.3 Å². The van der Waals surface area contributed by atoms with Crippen LogP contribution in [0, 0.1) is 18.6 Å². The number of ether oxygens (including phenoxy) is 1. The molecule has 0 saturated heterocycles. The number of para-hydroxylation sites is 1. The Balaban J connectivity index is 1.61. The molecule has 0 radical (unpaired) electrons. The Morgan fingerprint density at radius 1 is 1.19 bits per heavy atom. The molecule has 1 N–H and O–H groups in total. The highest BCUT2D eigenvalue weighted by Gasteiger charge is 2.21. The molecule has 0 spiro atoms. The SMILES string of the molecule is Cc1c(C(=O)OCC(=O)N[C@H](C)c2ccc(F)cc2F)oc2ccccc12. The topological polar surface area (TPSA) is 68.5 Å². The van der Waals surface area contributed by atoms with Gasteiger partial charge < -0.3 is 14.5 Å². The summed E-state index contributed by atoms with van der Waals surface area (Å²) in [6.45, 7) is 2.71. The van der Waals surface area contributed by atoms with Gasteiger partial charge in [-0.15, -0.1) is 0 Å². The van der Waals surface area contributed by atoms with Crippen LogP contribution in [0.3, 0.4) is 0 Å². The largest absolute Gasteiger partial charge is 0.450 e. The monoisotopic (exact) mass is 373 g/mol. The Morgan fingerprint density at radius 3 is 2.63 bits per heavy atom. The maximum atomic E-state index is 13.7. The van der Waals surface area contributed by atoms with Crippen molar-refractivity contribution >= 4 is 22.8 Å². The first-order valence-electron chi connectivity index (χ1n) is 8.26. The molecule has 0 aliphatic rings. The van der Waals surface area contributed by atoms with Crippen LogP contribution in [0.5, 0.6) is 0 Å². The van der Waals surface area contributed by atoms with Gasteiger partial charge in [-0.25, -0.2) is 13.6 Å². The zero-order valence-electron chi connectivity index (χ0n) is 14.7. The van der Waals surface area contributed by atoms with Crippen molar-refractivity contribution in [3.63, 3.8) is 0 Å². The molecule has 7 heteroatoms. The van der Waals surface area contributed by atoms with Crippen LogP contribution < -0.4 is 5.32 Å². The van der Waals surface area contributed by atoms with E-state index in [1.54, 1.807) is 26.0 Å². The quantitative estimate of drug-likeness (QED) is 0.685. The van der Waals surface area contributed by atoms with Gasteiger partial charge in [-0.1, -0.05) is 24.3 Å². The lowest BCUT2D eigenvalue weighted by Crippen LogP contribution is -2.31. The standard InChI is InChI=1S/C20H17F2NO4/c1-11-14-5-3-4-6-17(14)27-19(11)20(25)26-10-18(24)23-12(2)15-8-7-13(21)9-16(15)22/h3-9,12H,10H2,1-2H3,(H,23,24)/t12-/m1/s1. The third kappa shape index (κ3) is 3.97. The normalized spacial score (nSPS) is 12.0. The van der Waals surface area contributed by atoms with E-state index < -0.39 is 36.2 Å². The number of carbonyl (C=O) groups is 2. The number of carbonyl (C=O) groups excluding carboxylic acids is 2. The highest BCUT2D eigenvalue weighted by atomic mass is 19.1. The van der Waals surface area contributed by atoms with Gasteiger partial charge in [0.05, 0.1) is 6.04 Å². The number of aryl methyl sites for hydroxylation is 1. The number of furan rings is 1. The van der Waals surface area contributed by atoms with E-state index in [4.69, 9.17) is 9.15 Å². The summed E-state index contributed by atoms with van der Waals surface area (Å²) < 4.78 is 37.2. The predicted molar refractivity (Wildman–Crippen MR) is 94.1 cm³/mol. The van der Waals surface area contributed by atoms with Crippen LogP contribution in [-0.4, -0.2) is 18.5 Å². The average molecular weight is 373 g/mol. The van der Waals surface area contributed by atoms with Gasteiger partial charge >= 0.3 is 5.97 Å². The van der Waals surface area contributed by atoms with Crippen molar-refractivity contribution in [2.24, 2.45) is 0 Å². The van der Waals surface area contributed by atoms with E-state index in [1.165, 1.54) is 6.07 Å². The molecule has 1 aromatic heterocycles. The third-order valence-electron chi connectivity index (χ3n) is 4.17. The lowest BCUT2D eigenvalue weighted by Gasteiger charge is -2.15. The number of halogens is 2. The molecule has 0 bridgehead atoms. The number of esters is 1. The molecule has 0 aliphatic carbocycles. The van der Waals surface area contributed by atoms with Crippen molar-refractivity contribution in [2.45, 2.75) is 19.9 Å². The molecular weight excluding hydrogens is 356 g/mol. The van der Waals surface area contributed by atoms with Crippen molar-refractivity contribution in [1.82, 2.24) is 5.32 Å². The van der Waals surface area contributed by atoms with E-state index >= 15 is 0 Å². The van der Waals surface area contributed by atoms with Gasteiger partial charge in [0.2, 0.25) is 5.76 Å². The number of rotatable bonds is 5. The predicted octanol–water partition coefficient (Wildman–Crippen LogP) is 4.05. The lowest BCUT2D eigenvalue weighted by atomic mass is 10.1. The second-order valence-corrected chi connectivity index (χ2v) is 6.08. The van der Waals surface area contributed by atoms with Gasteiger partial charge in [0.25, 0.3) is 5.91 Å². The molecule has 27 heavy (non-hydrogen) atoms. The fraction of sp³-hybridized carbons (Fsp3) is 0.200. The summed E-state index contributed by atoms with van der Waals surface area (Å²) >= 11 is 0. The summed E-state index contributed by atoms with van der Waals surface area (Å²) in [5, 5.41) is 3.28. The smallest absolute Gasteiger partial charge is 0.375 e. The zero-order chi connectivity index (χ0) is 19.6. The molecule has 1 amide bonds. The molecule has 0 unspecified atom stereocenters. The fourth-order valence-corrected chi connectivity index (χ4v) is 2.78. The minimum atomic E-state index is -0.766. The van der Waals surface area contributed by atoms with Crippen molar-refractivity contribution in [3.05, 3.63) is 71.0 Å². The average Bonchev–Trinajstić information content (AvgIpc) is 2.97. The molecular formula is C20H17F2NO4. The van der Waals surface area contributed by atoms with Gasteiger partial charge in [0.15, 0.2) is 6.61 Å². The first kappa shape index (κ1) is 18.6. The lowest BCUT2D eigenvalue weighted by molar-refractivity contribution is -0.124. The Kier molecular flexibility index (Phi) is 5.21. The summed E-state index contributed by atoms with van der Waals surface area (Å²) in [6.07, 6.45) is 0. The number of fused-ring (bicyclic) bond motifs is 1. The van der Waals surface area contributed by atoms with Crippen LogP contribution in [0.15, 0.2) is 46.9 Å². The van der Waals surface area contributed by atoms with E-state index in [2.05, 4.69) is 5.32 Å². The van der Waals surface area contributed by atoms with Crippen LogP contribution in [0.4, 0.5) is 8.78 Å². The van der Waals surface area contributed by atoms with Gasteiger partial charge in [-0.05, 0) is 26.0 Å². The first-order valence-corrected chi connectivity index (χ1v) is 8.26. The summed E-state index contributed by atoms with van der Waals surface area (Å²) in [5.74, 6) is -2.82. The molecule has 0 saturated carbocycles. The van der Waals surface area contributed by atoms with Gasteiger partial charge in [0.1, 0.15) is 17.2 Å². The number of hydrogen-bond donors (Lipinski definition) is 1. The minimum absolute atomic E-state index is 0.0293. The van der Waals surface area contributed by atoms with Gasteiger partial charge in [0, 0.05) is 22.6 Å². The highest BCUT2D eigenvalue weighted by molar-refractivity contribution is 5.96. The molecule has 0 aliphatic heterocycles. The van der Waals surface area contributed by atoms with Crippen LogP contribution in [-0.2, 0) is 9.53 Å². The summed E-state index contributed by atoms with van der Waals surface area (Å²) in [7, 11) is 0. The second kappa shape index (κ2) is 7.57. The molecule has 2 aromatic carbocycles. The van der Waals surface area contributed by atoms with E-state index in [0.717, 1.165) is 17.5 Å². The minimum Gasteiger partial charge on any atom is -0.450 e. The molecule has 3 aromatic rings. The van der Waals surface area contributed by atoms with E-state index in [9.17, 15) is 18.4 Å². The van der Waals surface area contributed by atoms with Crippen LogP contribution in [0.2, 0.25) is 0 Å². The number of hydrogen-bond acceptors (Lipinski definition) is 4. The molecule has 5 nitrogen and oxygen atoms in total. The highest BCUT2D eigenvalue weighted by Crippen LogP contribution is 2.25. The van der Waals surface area contributed by atoms with Crippen LogP contribution in [0.1, 0.15) is 34.6 Å². The molecule has 1 atom stereocenters.